The van der Waals surface area contributed by atoms with Gasteiger partial charge in [-0.2, -0.15) is 0 Å². The second-order valence-corrected chi connectivity index (χ2v) is 3.34. The van der Waals surface area contributed by atoms with E-state index in [2.05, 4.69) is 0 Å². The molecule has 12 heavy (non-hydrogen) atoms. The van der Waals surface area contributed by atoms with Crippen LogP contribution in [0, 0.1) is 5.92 Å². The van der Waals surface area contributed by atoms with E-state index in [9.17, 15) is 9.90 Å². The monoisotopic (exact) mass is 174 g/mol. The summed E-state index contributed by atoms with van der Waals surface area (Å²) in [5, 5.41) is 18.3. The molecule has 0 saturated carbocycles. The van der Waals surface area contributed by atoms with Gasteiger partial charge >= 0.3 is 5.97 Å². The van der Waals surface area contributed by atoms with Crippen molar-refractivity contribution < 1.29 is 19.7 Å². The lowest BCUT2D eigenvalue weighted by atomic mass is 9.83. The van der Waals surface area contributed by atoms with E-state index in [0.29, 0.717) is 26.1 Å². The van der Waals surface area contributed by atoms with Crippen molar-refractivity contribution in [3.63, 3.8) is 0 Å². The predicted octanol–water partition coefficient (Wildman–Crippen LogP) is 0.249. The average molecular weight is 174 g/mol. The van der Waals surface area contributed by atoms with Crippen LogP contribution in [0.2, 0.25) is 0 Å². The van der Waals surface area contributed by atoms with Gasteiger partial charge in [-0.15, -0.1) is 0 Å². The van der Waals surface area contributed by atoms with Gasteiger partial charge in [-0.1, -0.05) is 0 Å². The maximum absolute atomic E-state index is 10.6. The zero-order valence-electron chi connectivity index (χ0n) is 7.12. The van der Waals surface area contributed by atoms with Gasteiger partial charge in [-0.25, -0.2) is 4.79 Å². The van der Waals surface area contributed by atoms with Crippen molar-refractivity contribution >= 4 is 5.97 Å². The molecule has 1 atom stereocenters. The third-order valence-electron chi connectivity index (χ3n) is 2.45. The Kier molecular flexibility index (Phi) is 2.69. The first-order chi connectivity index (χ1) is 5.55. The first-order valence-electron chi connectivity index (χ1n) is 4.08. The Morgan fingerprint density at radius 2 is 2.00 bits per heavy atom. The molecule has 0 aromatic carbocycles. The lowest BCUT2D eigenvalue weighted by Crippen LogP contribution is -2.45. The molecule has 1 fully saturated rings. The molecule has 70 valence electrons. The minimum atomic E-state index is -1.59. The molecule has 0 spiro atoms. The van der Waals surface area contributed by atoms with Crippen molar-refractivity contribution in [1.29, 1.82) is 0 Å². The fourth-order valence-corrected chi connectivity index (χ4v) is 1.43. The Bertz CT molecular complexity index is 170. The van der Waals surface area contributed by atoms with Gasteiger partial charge in [0.15, 0.2) is 5.60 Å². The lowest BCUT2D eigenvalue weighted by Gasteiger charge is -2.31. The summed E-state index contributed by atoms with van der Waals surface area (Å²) in [6.45, 7) is 2.45. The van der Waals surface area contributed by atoms with E-state index in [1.165, 1.54) is 6.92 Å². The highest BCUT2D eigenvalue weighted by atomic mass is 16.5. The highest BCUT2D eigenvalue weighted by Crippen LogP contribution is 2.27. The molecular formula is C8H14O4. The quantitative estimate of drug-likeness (QED) is 0.629. The molecule has 4 heteroatoms. The van der Waals surface area contributed by atoms with Crippen LogP contribution in [0.3, 0.4) is 0 Å². The summed E-state index contributed by atoms with van der Waals surface area (Å²) in [7, 11) is 0. The zero-order valence-corrected chi connectivity index (χ0v) is 7.12. The predicted molar refractivity (Wildman–Crippen MR) is 41.8 cm³/mol. The summed E-state index contributed by atoms with van der Waals surface area (Å²) in [4.78, 5) is 10.6. The van der Waals surface area contributed by atoms with E-state index in [1.807, 2.05) is 0 Å². The largest absolute Gasteiger partial charge is 0.479 e. The van der Waals surface area contributed by atoms with Crippen LogP contribution in [0.15, 0.2) is 0 Å². The number of hydrogen-bond donors (Lipinski definition) is 2. The van der Waals surface area contributed by atoms with E-state index in [1.54, 1.807) is 0 Å². The zero-order chi connectivity index (χ0) is 9.19. The van der Waals surface area contributed by atoms with Crippen molar-refractivity contribution in [2.75, 3.05) is 13.2 Å². The second kappa shape index (κ2) is 3.41. The number of carboxylic acid groups (broad SMARTS) is 1. The summed E-state index contributed by atoms with van der Waals surface area (Å²) in [5.41, 5.74) is -1.59. The standard InChI is InChI=1S/C8H14O4/c1-8(11,7(9)10)6-2-4-12-5-3-6/h6,11H,2-5H2,1H3,(H,9,10). The van der Waals surface area contributed by atoms with E-state index in [0.717, 1.165) is 0 Å². The van der Waals surface area contributed by atoms with E-state index < -0.39 is 11.6 Å². The Balaban J connectivity index is 2.59. The lowest BCUT2D eigenvalue weighted by molar-refractivity contribution is -0.166. The summed E-state index contributed by atoms with van der Waals surface area (Å²) >= 11 is 0. The van der Waals surface area contributed by atoms with Gasteiger partial charge in [0, 0.05) is 19.1 Å². The van der Waals surface area contributed by atoms with Crippen LogP contribution >= 0.6 is 0 Å². The van der Waals surface area contributed by atoms with E-state index >= 15 is 0 Å². The SMILES string of the molecule is CC(O)(C(=O)O)C1CCOCC1. The minimum absolute atomic E-state index is 0.177. The Labute approximate surface area is 71.2 Å². The smallest absolute Gasteiger partial charge is 0.335 e. The van der Waals surface area contributed by atoms with Crippen molar-refractivity contribution in [2.45, 2.75) is 25.4 Å². The van der Waals surface area contributed by atoms with Crippen LogP contribution < -0.4 is 0 Å². The van der Waals surface area contributed by atoms with Gasteiger partial charge in [-0.05, 0) is 19.8 Å². The summed E-state index contributed by atoms with van der Waals surface area (Å²) in [6.07, 6.45) is 1.25. The van der Waals surface area contributed by atoms with Crippen LogP contribution in [0.25, 0.3) is 0 Å². The molecule has 1 aliphatic heterocycles. The molecule has 0 aromatic rings. The van der Waals surface area contributed by atoms with Crippen molar-refractivity contribution in [1.82, 2.24) is 0 Å². The number of hydrogen-bond acceptors (Lipinski definition) is 3. The fraction of sp³-hybridized carbons (Fsp3) is 0.875. The molecule has 0 radical (unpaired) electrons. The minimum Gasteiger partial charge on any atom is -0.479 e. The summed E-state index contributed by atoms with van der Waals surface area (Å²) in [6, 6.07) is 0. The van der Waals surface area contributed by atoms with Crippen LogP contribution in [-0.2, 0) is 9.53 Å². The second-order valence-electron chi connectivity index (χ2n) is 3.34. The third kappa shape index (κ3) is 1.76. The Hall–Kier alpha value is -0.610. The molecule has 1 aliphatic rings. The highest BCUT2D eigenvalue weighted by molar-refractivity contribution is 5.76. The van der Waals surface area contributed by atoms with Crippen LogP contribution in [-0.4, -0.2) is 35.0 Å². The number of aliphatic carboxylic acids is 1. The molecule has 1 unspecified atom stereocenters. The van der Waals surface area contributed by atoms with Gasteiger partial charge < -0.3 is 14.9 Å². The average Bonchev–Trinajstić information content (AvgIpc) is 2.06. The van der Waals surface area contributed by atoms with Gasteiger partial charge in [0.25, 0.3) is 0 Å². The first-order valence-corrected chi connectivity index (χ1v) is 4.08. The van der Waals surface area contributed by atoms with E-state index in [4.69, 9.17) is 9.84 Å². The normalized spacial score (nSPS) is 24.8. The van der Waals surface area contributed by atoms with Crippen LogP contribution in [0.1, 0.15) is 19.8 Å². The molecule has 4 nitrogen and oxygen atoms in total. The molecule has 1 heterocycles. The molecule has 1 saturated heterocycles. The van der Waals surface area contributed by atoms with Crippen LogP contribution in [0.4, 0.5) is 0 Å². The fourth-order valence-electron chi connectivity index (χ4n) is 1.43. The molecule has 0 aliphatic carbocycles. The number of carbonyl (C=O) groups is 1. The molecule has 0 amide bonds. The van der Waals surface area contributed by atoms with Gasteiger partial charge in [0.05, 0.1) is 0 Å². The molecular weight excluding hydrogens is 160 g/mol. The molecule has 0 aromatic heterocycles. The van der Waals surface area contributed by atoms with Gasteiger partial charge in [0.1, 0.15) is 0 Å². The van der Waals surface area contributed by atoms with E-state index in [-0.39, 0.29) is 5.92 Å². The highest BCUT2D eigenvalue weighted by Gasteiger charge is 2.39. The number of carboxylic acids is 1. The van der Waals surface area contributed by atoms with Crippen LogP contribution in [0.5, 0.6) is 0 Å². The topological polar surface area (TPSA) is 66.8 Å². The Morgan fingerprint density at radius 1 is 1.50 bits per heavy atom. The van der Waals surface area contributed by atoms with Crippen molar-refractivity contribution in [3.8, 4) is 0 Å². The van der Waals surface area contributed by atoms with Gasteiger partial charge in [-0.3, -0.25) is 0 Å². The number of ether oxygens (including phenoxy) is 1. The van der Waals surface area contributed by atoms with Crippen molar-refractivity contribution in [3.05, 3.63) is 0 Å². The maximum atomic E-state index is 10.6. The van der Waals surface area contributed by atoms with Gasteiger partial charge in [0.2, 0.25) is 0 Å². The molecule has 1 rings (SSSR count). The third-order valence-corrected chi connectivity index (χ3v) is 2.45. The maximum Gasteiger partial charge on any atom is 0.335 e. The summed E-state index contributed by atoms with van der Waals surface area (Å²) in [5.74, 6) is -1.32. The number of aliphatic hydroxyl groups is 1. The number of rotatable bonds is 2. The molecule has 2 N–H and O–H groups in total. The van der Waals surface area contributed by atoms with Crippen molar-refractivity contribution in [2.24, 2.45) is 5.92 Å². The summed E-state index contributed by atoms with van der Waals surface area (Å²) < 4.78 is 5.07. The first kappa shape index (κ1) is 9.48. The molecule has 0 bridgehead atoms. The Morgan fingerprint density at radius 3 is 2.42 bits per heavy atom.